The molecule has 1 aromatic heterocycles. The first-order valence-corrected chi connectivity index (χ1v) is 11.8. The highest BCUT2D eigenvalue weighted by molar-refractivity contribution is 5.97. The van der Waals surface area contributed by atoms with Crippen molar-refractivity contribution in [1.29, 1.82) is 0 Å². The zero-order valence-electron chi connectivity index (χ0n) is 20.6. The van der Waals surface area contributed by atoms with Crippen LogP contribution in [0.2, 0.25) is 0 Å². The van der Waals surface area contributed by atoms with Crippen molar-refractivity contribution in [3.05, 3.63) is 23.5 Å². The first kappa shape index (κ1) is 28.0. The second-order valence-corrected chi connectivity index (χ2v) is 9.15. The number of nitrogens with one attached hydrogen (secondary N) is 2. The van der Waals surface area contributed by atoms with Gasteiger partial charge in [-0.05, 0) is 30.6 Å². The Hall–Kier alpha value is -2.99. The molecule has 6 nitrogen and oxygen atoms in total. The molecule has 0 radical (unpaired) electrons. The van der Waals surface area contributed by atoms with Crippen LogP contribution in [-0.4, -0.2) is 36.5 Å². The highest BCUT2D eigenvalue weighted by atomic mass is 16.5. The summed E-state index contributed by atoms with van der Waals surface area (Å²) in [5.41, 5.74) is 0.140. The SMILES string of the molecule is C#CCNC(=O)c1cc(OCCCC(CCC(C)C)CCC(C)C)cc(C(=O)NCC#C)n1. The van der Waals surface area contributed by atoms with Crippen molar-refractivity contribution in [1.82, 2.24) is 15.6 Å². The van der Waals surface area contributed by atoms with Gasteiger partial charge in [0.2, 0.25) is 0 Å². The van der Waals surface area contributed by atoms with Crippen LogP contribution in [0.25, 0.3) is 0 Å². The molecule has 0 aliphatic heterocycles. The zero-order valence-corrected chi connectivity index (χ0v) is 20.6. The molecule has 0 bridgehead atoms. The normalized spacial score (nSPS) is 10.7. The van der Waals surface area contributed by atoms with Gasteiger partial charge in [0.25, 0.3) is 11.8 Å². The van der Waals surface area contributed by atoms with E-state index in [1.165, 1.54) is 37.8 Å². The number of aromatic nitrogens is 1. The third-order valence-electron chi connectivity index (χ3n) is 5.30. The minimum atomic E-state index is -0.466. The average molecular weight is 454 g/mol. The zero-order chi connectivity index (χ0) is 24.6. The van der Waals surface area contributed by atoms with Crippen LogP contribution in [-0.2, 0) is 0 Å². The minimum absolute atomic E-state index is 0.0678. The summed E-state index contributed by atoms with van der Waals surface area (Å²) in [6.45, 7) is 9.69. The molecule has 0 aromatic carbocycles. The van der Waals surface area contributed by atoms with Crippen LogP contribution in [0, 0.1) is 42.4 Å². The fourth-order valence-corrected chi connectivity index (χ4v) is 3.40. The largest absolute Gasteiger partial charge is 0.493 e. The van der Waals surface area contributed by atoms with E-state index in [1.807, 2.05) is 0 Å². The Morgan fingerprint density at radius 1 is 0.879 bits per heavy atom. The Kier molecular flexibility index (Phi) is 13.4. The van der Waals surface area contributed by atoms with Gasteiger partial charge in [0.15, 0.2) is 0 Å². The van der Waals surface area contributed by atoms with E-state index < -0.39 is 11.8 Å². The number of carbonyl (C=O) groups excluding carboxylic acids is 2. The van der Waals surface area contributed by atoms with Crippen LogP contribution < -0.4 is 15.4 Å². The standard InChI is InChI=1S/C27H39N3O3/c1-7-15-28-26(31)24-18-23(19-25(30-24)27(32)29-16-8-2)33-17-9-10-22(13-11-20(3)4)14-12-21(5)6/h1-2,18-22H,9-17H2,3-6H3,(H,28,31)(H,29,32). The lowest BCUT2D eigenvalue weighted by Crippen LogP contribution is -2.28. The second-order valence-electron chi connectivity index (χ2n) is 9.15. The topological polar surface area (TPSA) is 80.3 Å². The minimum Gasteiger partial charge on any atom is -0.493 e. The molecular weight excluding hydrogens is 414 g/mol. The third kappa shape index (κ3) is 12.0. The predicted octanol–water partition coefficient (Wildman–Crippen LogP) is 4.46. The van der Waals surface area contributed by atoms with E-state index in [-0.39, 0.29) is 24.5 Å². The van der Waals surface area contributed by atoms with Gasteiger partial charge in [-0.3, -0.25) is 9.59 Å². The Bertz CT molecular complexity index is 774. The van der Waals surface area contributed by atoms with Gasteiger partial charge in [-0.1, -0.05) is 65.2 Å². The quantitative estimate of drug-likeness (QED) is 0.304. The number of amides is 2. The molecule has 0 saturated carbocycles. The Morgan fingerprint density at radius 2 is 1.36 bits per heavy atom. The van der Waals surface area contributed by atoms with Gasteiger partial charge in [-0.25, -0.2) is 4.98 Å². The summed E-state index contributed by atoms with van der Waals surface area (Å²) in [5, 5.41) is 5.11. The summed E-state index contributed by atoms with van der Waals surface area (Å²) in [6, 6.07) is 3.05. The number of carbonyl (C=O) groups is 2. The first-order chi connectivity index (χ1) is 15.8. The van der Waals surface area contributed by atoms with Gasteiger partial charge in [-0.15, -0.1) is 12.8 Å². The van der Waals surface area contributed by atoms with E-state index in [1.54, 1.807) is 0 Å². The number of hydrogen-bond acceptors (Lipinski definition) is 4. The number of ether oxygens (including phenoxy) is 1. The molecule has 2 amide bonds. The maximum Gasteiger partial charge on any atom is 0.270 e. The molecule has 0 aliphatic carbocycles. The van der Waals surface area contributed by atoms with Gasteiger partial charge in [0.1, 0.15) is 17.1 Å². The summed E-state index contributed by atoms with van der Waals surface area (Å²) in [5.74, 6) is 6.27. The number of rotatable bonds is 15. The van der Waals surface area contributed by atoms with E-state index in [2.05, 4.69) is 55.2 Å². The van der Waals surface area contributed by atoms with Gasteiger partial charge in [0.05, 0.1) is 19.7 Å². The van der Waals surface area contributed by atoms with Gasteiger partial charge >= 0.3 is 0 Å². The first-order valence-electron chi connectivity index (χ1n) is 11.8. The molecular formula is C27H39N3O3. The highest BCUT2D eigenvalue weighted by Crippen LogP contribution is 2.24. The highest BCUT2D eigenvalue weighted by Gasteiger charge is 2.16. The summed E-state index contributed by atoms with van der Waals surface area (Å²) in [6.07, 6.45) is 17.4. The van der Waals surface area contributed by atoms with Crippen molar-refractivity contribution in [2.75, 3.05) is 19.7 Å². The monoisotopic (exact) mass is 453 g/mol. The van der Waals surface area contributed by atoms with Crippen LogP contribution in [0.1, 0.15) is 87.2 Å². The third-order valence-corrected chi connectivity index (χ3v) is 5.30. The maximum atomic E-state index is 12.3. The molecule has 1 heterocycles. The molecule has 0 saturated heterocycles. The number of hydrogen-bond donors (Lipinski definition) is 2. The molecule has 0 unspecified atom stereocenters. The summed E-state index contributed by atoms with van der Waals surface area (Å²) >= 11 is 0. The summed E-state index contributed by atoms with van der Waals surface area (Å²) in [4.78, 5) is 28.8. The van der Waals surface area contributed by atoms with Crippen LogP contribution in [0.5, 0.6) is 5.75 Å². The van der Waals surface area contributed by atoms with E-state index in [0.29, 0.717) is 30.1 Å². The van der Waals surface area contributed by atoms with Crippen molar-refractivity contribution in [3.63, 3.8) is 0 Å². The Balaban J connectivity index is 2.80. The summed E-state index contributed by atoms with van der Waals surface area (Å²) in [7, 11) is 0. The number of nitrogens with zero attached hydrogens (tertiary/aromatic N) is 1. The lowest BCUT2D eigenvalue weighted by molar-refractivity contribution is 0.0948. The molecule has 1 aromatic rings. The lowest BCUT2D eigenvalue weighted by Gasteiger charge is -2.19. The molecule has 2 N–H and O–H groups in total. The Morgan fingerprint density at radius 3 is 1.79 bits per heavy atom. The van der Waals surface area contributed by atoms with Crippen molar-refractivity contribution >= 4 is 11.8 Å². The Labute approximate surface area is 199 Å². The fraction of sp³-hybridized carbons (Fsp3) is 0.593. The molecule has 6 heteroatoms. The van der Waals surface area contributed by atoms with Gasteiger partial charge in [-0.2, -0.15) is 0 Å². The van der Waals surface area contributed by atoms with Crippen molar-refractivity contribution in [2.45, 2.75) is 66.2 Å². The van der Waals surface area contributed by atoms with Gasteiger partial charge < -0.3 is 15.4 Å². The summed E-state index contributed by atoms with van der Waals surface area (Å²) < 4.78 is 5.92. The molecule has 0 aliphatic rings. The van der Waals surface area contributed by atoms with E-state index in [9.17, 15) is 9.59 Å². The molecule has 0 fully saturated rings. The molecule has 0 atom stereocenters. The molecule has 0 spiro atoms. The molecule has 33 heavy (non-hydrogen) atoms. The second kappa shape index (κ2) is 15.8. The van der Waals surface area contributed by atoms with E-state index >= 15 is 0 Å². The van der Waals surface area contributed by atoms with Crippen LogP contribution in [0.3, 0.4) is 0 Å². The van der Waals surface area contributed by atoms with Crippen LogP contribution in [0.15, 0.2) is 12.1 Å². The predicted molar refractivity (Wildman–Crippen MR) is 133 cm³/mol. The van der Waals surface area contributed by atoms with Crippen molar-refractivity contribution in [3.8, 4) is 30.4 Å². The smallest absolute Gasteiger partial charge is 0.270 e. The fourth-order valence-electron chi connectivity index (χ4n) is 3.40. The van der Waals surface area contributed by atoms with Gasteiger partial charge in [0, 0.05) is 12.1 Å². The number of pyridine rings is 1. The maximum absolute atomic E-state index is 12.3. The average Bonchev–Trinajstić information content (AvgIpc) is 2.79. The lowest BCUT2D eigenvalue weighted by atomic mass is 9.88. The van der Waals surface area contributed by atoms with Crippen LogP contribution >= 0.6 is 0 Å². The molecule has 1 rings (SSSR count). The van der Waals surface area contributed by atoms with E-state index in [4.69, 9.17) is 17.6 Å². The van der Waals surface area contributed by atoms with Crippen LogP contribution in [0.4, 0.5) is 0 Å². The van der Waals surface area contributed by atoms with E-state index in [0.717, 1.165) is 12.8 Å². The van der Waals surface area contributed by atoms with Crippen molar-refractivity contribution < 1.29 is 14.3 Å². The van der Waals surface area contributed by atoms with Crippen molar-refractivity contribution in [2.24, 2.45) is 17.8 Å². The molecule has 180 valence electrons. The number of terminal acetylenes is 2.